The van der Waals surface area contributed by atoms with E-state index < -0.39 is 0 Å². The van der Waals surface area contributed by atoms with Crippen molar-refractivity contribution in [2.24, 2.45) is 0 Å². The number of methoxy groups -OCH3 is 2. The first-order valence-corrected chi connectivity index (χ1v) is 7.62. The maximum Gasteiger partial charge on any atom is 0.305 e. The average molecular weight is 337 g/mol. The van der Waals surface area contributed by atoms with Crippen LogP contribution >= 0.6 is 15.9 Å². The van der Waals surface area contributed by atoms with E-state index in [9.17, 15) is 4.79 Å². The number of halogens is 1. The minimum atomic E-state index is -0.188. The van der Waals surface area contributed by atoms with Gasteiger partial charge in [-0.15, -0.1) is 0 Å². The van der Waals surface area contributed by atoms with Crippen LogP contribution in [0.2, 0.25) is 0 Å². The second kappa shape index (κ2) is 11.4. The Hall–Kier alpha value is -0.390. The lowest BCUT2D eigenvalue weighted by molar-refractivity contribution is -0.140. The summed E-state index contributed by atoms with van der Waals surface area (Å²) in [6.07, 6.45) is 5.15. The van der Waals surface area contributed by atoms with E-state index in [0.29, 0.717) is 6.42 Å². The maximum absolute atomic E-state index is 11.0. The maximum atomic E-state index is 11.0. The molecular formula is C14H25BrO4. The molecule has 19 heavy (non-hydrogen) atoms. The monoisotopic (exact) mass is 336 g/mol. The van der Waals surface area contributed by atoms with Gasteiger partial charge in [0.25, 0.3) is 0 Å². The molecule has 0 saturated carbocycles. The van der Waals surface area contributed by atoms with Crippen LogP contribution in [0.25, 0.3) is 0 Å². The lowest BCUT2D eigenvalue weighted by atomic mass is 10.1. The van der Waals surface area contributed by atoms with Gasteiger partial charge in [-0.1, -0.05) is 27.6 Å². The SMILES string of the molecule is COC(=O)CCC(C)=CCCC(CBr)OC(C)OC. The number of allylic oxidation sites excluding steroid dienone is 2. The van der Waals surface area contributed by atoms with E-state index in [1.54, 1.807) is 7.11 Å². The van der Waals surface area contributed by atoms with E-state index in [0.717, 1.165) is 24.6 Å². The molecule has 0 aromatic carbocycles. The smallest absolute Gasteiger partial charge is 0.305 e. The Morgan fingerprint density at radius 1 is 1.32 bits per heavy atom. The summed E-state index contributed by atoms with van der Waals surface area (Å²) in [7, 11) is 3.04. The number of carbonyl (C=O) groups is 1. The van der Waals surface area contributed by atoms with Gasteiger partial charge < -0.3 is 14.2 Å². The van der Waals surface area contributed by atoms with Gasteiger partial charge in [0, 0.05) is 18.9 Å². The second-order valence-electron chi connectivity index (χ2n) is 4.42. The van der Waals surface area contributed by atoms with Crippen molar-refractivity contribution in [1.82, 2.24) is 0 Å². The van der Waals surface area contributed by atoms with E-state index in [-0.39, 0.29) is 18.4 Å². The summed E-state index contributed by atoms with van der Waals surface area (Å²) in [6, 6.07) is 0. The van der Waals surface area contributed by atoms with Gasteiger partial charge in [0.05, 0.1) is 13.2 Å². The molecule has 0 heterocycles. The molecule has 0 amide bonds. The molecule has 0 aliphatic heterocycles. The number of esters is 1. The largest absolute Gasteiger partial charge is 0.469 e. The van der Waals surface area contributed by atoms with Crippen LogP contribution < -0.4 is 0 Å². The highest BCUT2D eigenvalue weighted by Crippen LogP contribution is 2.12. The minimum Gasteiger partial charge on any atom is -0.469 e. The number of hydrogen-bond donors (Lipinski definition) is 0. The first-order chi connectivity index (χ1) is 9.03. The summed E-state index contributed by atoms with van der Waals surface area (Å²) in [4.78, 5) is 11.0. The Kier molecular flexibility index (Phi) is 11.2. The van der Waals surface area contributed by atoms with Crippen LogP contribution in [0.4, 0.5) is 0 Å². The van der Waals surface area contributed by atoms with Crippen molar-refractivity contribution in [1.29, 1.82) is 0 Å². The lowest BCUT2D eigenvalue weighted by Gasteiger charge is -2.19. The van der Waals surface area contributed by atoms with E-state index in [4.69, 9.17) is 9.47 Å². The predicted molar refractivity (Wildman–Crippen MR) is 79.4 cm³/mol. The predicted octanol–water partition coefficient (Wildman–Crippen LogP) is 3.44. The molecule has 0 bridgehead atoms. The van der Waals surface area contributed by atoms with Crippen LogP contribution in [-0.4, -0.2) is 37.9 Å². The second-order valence-corrected chi connectivity index (χ2v) is 5.07. The van der Waals surface area contributed by atoms with Gasteiger partial charge in [0.2, 0.25) is 0 Å². The fraction of sp³-hybridized carbons (Fsp3) is 0.786. The summed E-state index contributed by atoms with van der Waals surface area (Å²) in [5.74, 6) is -0.164. The molecule has 0 aromatic heterocycles. The van der Waals surface area contributed by atoms with Gasteiger partial charge in [0.1, 0.15) is 0 Å². The van der Waals surface area contributed by atoms with Crippen LogP contribution in [0.1, 0.15) is 39.5 Å². The third-order valence-electron chi connectivity index (χ3n) is 2.82. The molecule has 0 aliphatic carbocycles. The Balaban J connectivity index is 3.92. The molecule has 0 saturated heterocycles. The fourth-order valence-corrected chi connectivity index (χ4v) is 2.00. The molecule has 2 atom stereocenters. The summed E-state index contributed by atoms with van der Waals surface area (Å²) < 4.78 is 15.4. The van der Waals surface area contributed by atoms with Crippen molar-refractivity contribution in [2.75, 3.05) is 19.5 Å². The topological polar surface area (TPSA) is 44.8 Å². The minimum absolute atomic E-state index is 0.139. The molecule has 0 aromatic rings. The highest BCUT2D eigenvalue weighted by atomic mass is 79.9. The van der Waals surface area contributed by atoms with Gasteiger partial charge in [0.15, 0.2) is 6.29 Å². The Labute approximate surface area is 124 Å². The standard InChI is InChI=1S/C14H25BrO4/c1-11(8-9-14(16)18-4)6-5-7-13(10-15)19-12(2)17-3/h6,12-13H,5,7-10H2,1-4H3. The summed E-state index contributed by atoms with van der Waals surface area (Å²) in [5, 5.41) is 0.787. The van der Waals surface area contributed by atoms with Crippen molar-refractivity contribution >= 4 is 21.9 Å². The number of hydrogen-bond acceptors (Lipinski definition) is 4. The number of alkyl halides is 1. The van der Waals surface area contributed by atoms with Gasteiger partial charge in [-0.3, -0.25) is 4.79 Å². The van der Waals surface area contributed by atoms with E-state index in [2.05, 4.69) is 26.7 Å². The van der Waals surface area contributed by atoms with Crippen LogP contribution in [0.3, 0.4) is 0 Å². The zero-order valence-electron chi connectivity index (χ0n) is 12.3. The molecule has 0 fully saturated rings. The molecule has 4 nitrogen and oxygen atoms in total. The number of carbonyl (C=O) groups excluding carboxylic acids is 1. The molecular weight excluding hydrogens is 312 g/mol. The zero-order chi connectivity index (χ0) is 14.7. The van der Waals surface area contributed by atoms with Crippen molar-refractivity contribution < 1.29 is 19.0 Å². The van der Waals surface area contributed by atoms with Crippen molar-refractivity contribution in [3.05, 3.63) is 11.6 Å². The van der Waals surface area contributed by atoms with Gasteiger partial charge in [-0.2, -0.15) is 0 Å². The van der Waals surface area contributed by atoms with E-state index in [1.807, 2.05) is 13.8 Å². The first kappa shape index (κ1) is 18.6. The lowest BCUT2D eigenvalue weighted by Crippen LogP contribution is -2.22. The summed E-state index contributed by atoms with van der Waals surface area (Å²) in [6.45, 7) is 3.91. The van der Waals surface area contributed by atoms with Crippen molar-refractivity contribution in [2.45, 2.75) is 51.9 Å². The molecule has 0 spiro atoms. The van der Waals surface area contributed by atoms with Crippen molar-refractivity contribution in [3.8, 4) is 0 Å². The summed E-state index contributed by atoms with van der Waals surface area (Å²) in [5.41, 5.74) is 1.21. The van der Waals surface area contributed by atoms with Gasteiger partial charge >= 0.3 is 5.97 Å². The Morgan fingerprint density at radius 3 is 2.53 bits per heavy atom. The molecule has 0 aliphatic rings. The van der Waals surface area contributed by atoms with Crippen LogP contribution in [-0.2, 0) is 19.0 Å². The normalized spacial score (nSPS) is 15.1. The molecule has 5 heteroatoms. The molecule has 112 valence electrons. The Bertz CT molecular complexity index is 279. The fourth-order valence-electron chi connectivity index (χ4n) is 1.53. The van der Waals surface area contributed by atoms with Crippen LogP contribution in [0, 0.1) is 0 Å². The molecule has 0 N–H and O–H groups in total. The quantitative estimate of drug-likeness (QED) is 0.265. The molecule has 0 radical (unpaired) electrons. The van der Waals surface area contributed by atoms with Gasteiger partial charge in [-0.25, -0.2) is 0 Å². The van der Waals surface area contributed by atoms with Crippen LogP contribution in [0.15, 0.2) is 11.6 Å². The Morgan fingerprint density at radius 2 is 2.00 bits per heavy atom. The number of ether oxygens (including phenoxy) is 3. The molecule has 2 unspecified atom stereocenters. The van der Waals surface area contributed by atoms with E-state index >= 15 is 0 Å². The first-order valence-electron chi connectivity index (χ1n) is 6.50. The third kappa shape index (κ3) is 10.1. The molecule has 0 rings (SSSR count). The number of rotatable bonds is 10. The zero-order valence-corrected chi connectivity index (χ0v) is 13.9. The highest BCUT2D eigenvalue weighted by molar-refractivity contribution is 9.09. The van der Waals surface area contributed by atoms with Crippen LogP contribution in [0.5, 0.6) is 0 Å². The van der Waals surface area contributed by atoms with E-state index in [1.165, 1.54) is 12.7 Å². The highest BCUT2D eigenvalue weighted by Gasteiger charge is 2.10. The van der Waals surface area contributed by atoms with Crippen molar-refractivity contribution in [3.63, 3.8) is 0 Å². The third-order valence-corrected chi connectivity index (χ3v) is 3.54. The van der Waals surface area contributed by atoms with Gasteiger partial charge in [-0.05, 0) is 33.1 Å². The summed E-state index contributed by atoms with van der Waals surface area (Å²) >= 11 is 3.44. The average Bonchev–Trinajstić information content (AvgIpc) is 2.43.